The lowest BCUT2D eigenvalue weighted by molar-refractivity contribution is 0.102. The molecule has 1 aromatic heterocycles. The SMILES string of the molecule is Cc1cnc(NC(=O)c2ccc(Cl)cc2Br)s1. The van der Waals surface area contributed by atoms with Gasteiger partial charge < -0.3 is 0 Å². The number of anilines is 1. The summed E-state index contributed by atoms with van der Waals surface area (Å²) >= 11 is 10.6. The molecular weight excluding hydrogens is 324 g/mol. The number of carbonyl (C=O) groups excluding carboxylic acids is 1. The molecule has 0 aliphatic carbocycles. The van der Waals surface area contributed by atoms with Gasteiger partial charge >= 0.3 is 0 Å². The molecule has 0 saturated heterocycles. The first-order valence-corrected chi connectivity index (χ1v) is 6.74. The number of aryl methyl sites for hydroxylation is 1. The van der Waals surface area contributed by atoms with Crippen molar-refractivity contribution < 1.29 is 4.79 Å². The summed E-state index contributed by atoms with van der Waals surface area (Å²) < 4.78 is 0.663. The Morgan fingerprint density at radius 2 is 2.29 bits per heavy atom. The maximum absolute atomic E-state index is 11.9. The van der Waals surface area contributed by atoms with Crippen molar-refractivity contribution in [3.63, 3.8) is 0 Å². The second-order valence-electron chi connectivity index (χ2n) is 3.35. The Balaban J connectivity index is 2.20. The summed E-state index contributed by atoms with van der Waals surface area (Å²) in [5, 5.41) is 3.91. The topological polar surface area (TPSA) is 42.0 Å². The Hall–Kier alpha value is -0.910. The van der Waals surface area contributed by atoms with Gasteiger partial charge in [-0.05, 0) is 41.1 Å². The van der Waals surface area contributed by atoms with Crippen molar-refractivity contribution in [3.8, 4) is 0 Å². The molecule has 0 spiro atoms. The lowest BCUT2D eigenvalue weighted by Crippen LogP contribution is -2.12. The van der Waals surface area contributed by atoms with Crippen LogP contribution in [0.3, 0.4) is 0 Å². The normalized spacial score (nSPS) is 10.3. The number of carbonyl (C=O) groups is 1. The average Bonchev–Trinajstić information content (AvgIpc) is 2.63. The van der Waals surface area contributed by atoms with E-state index in [9.17, 15) is 4.79 Å². The Morgan fingerprint density at radius 1 is 1.53 bits per heavy atom. The second-order valence-corrected chi connectivity index (χ2v) is 5.88. The fraction of sp³-hybridized carbons (Fsp3) is 0.0909. The predicted molar refractivity (Wildman–Crippen MR) is 74.0 cm³/mol. The van der Waals surface area contributed by atoms with Crippen LogP contribution in [0.4, 0.5) is 5.13 Å². The fourth-order valence-electron chi connectivity index (χ4n) is 1.25. The maximum Gasteiger partial charge on any atom is 0.258 e. The van der Waals surface area contributed by atoms with Gasteiger partial charge in [0.2, 0.25) is 0 Å². The minimum absolute atomic E-state index is 0.206. The summed E-state index contributed by atoms with van der Waals surface area (Å²) in [4.78, 5) is 17.1. The lowest BCUT2D eigenvalue weighted by Gasteiger charge is -2.04. The summed E-state index contributed by atoms with van der Waals surface area (Å²) in [6.45, 7) is 1.94. The van der Waals surface area contributed by atoms with E-state index in [4.69, 9.17) is 11.6 Å². The third-order valence-corrected chi connectivity index (χ3v) is 3.74. The van der Waals surface area contributed by atoms with Crippen molar-refractivity contribution in [1.82, 2.24) is 4.98 Å². The van der Waals surface area contributed by atoms with Crippen molar-refractivity contribution in [2.24, 2.45) is 0 Å². The van der Waals surface area contributed by atoms with Gasteiger partial charge in [-0.25, -0.2) is 4.98 Å². The molecule has 1 N–H and O–H groups in total. The van der Waals surface area contributed by atoms with Crippen LogP contribution in [-0.2, 0) is 0 Å². The molecule has 17 heavy (non-hydrogen) atoms. The van der Waals surface area contributed by atoms with Gasteiger partial charge in [0, 0.05) is 20.6 Å². The number of halogens is 2. The number of aromatic nitrogens is 1. The molecule has 2 aromatic rings. The van der Waals surface area contributed by atoms with Crippen LogP contribution in [0, 0.1) is 6.92 Å². The van der Waals surface area contributed by atoms with Crippen LogP contribution in [0.25, 0.3) is 0 Å². The number of hydrogen-bond donors (Lipinski definition) is 1. The summed E-state index contributed by atoms with van der Waals surface area (Å²) in [5.41, 5.74) is 0.530. The van der Waals surface area contributed by atoms with Crippen LogP contribution in [0.1, 0.15) is 15.2 Å². The van der Waals surface area contributed by atoms with Crippen molar-refractivity contribution in [2.75, 3.05) is 5.32 Å². The molecule has 0 saturated carbocycles. The standard InChI is InChI=1S/C11H8BrClN2OS/c1-6-5-14-11(17-6)15-10(16)8-3-2-7(13)4-9(8)12/h2-5H,1H3,(H,14,15,16). The number of rotatable bonds is 2. The third-order valence-electron chi connectivity index (χ3n) is 2.02. The molecule has 3 nitrogen and oxygen atoms in total. The molecule has 1 aromatic carbocycles. The zero-order valence-electron chi connectivity index (χ0n) is 8.83. The first-order valence-electron chi connectivity index (χ1n) is 4.75. The van der Waals surface area contributed by atoms with Crippen LogP contribution in [0.5, 0.6) is 0 Å². The van der Waals surface area contributed by atoms with Crippen LogP contribution < -0.4 is 5.32 Å². The highest BCUT2D eigenvalue weighted by Gasteiger charge is 2.11. The monoisotopic (exact) mass is 330 g/mol. The highest BCUT2D eigenvalue weighted by Crippen LogP contribution is 2.23. The minimum atomic E-state index is -0.206. The molecule has 1 amide bonds. The molecule has 0 radical (unpaired) electrons. The average molecular weight is 332 g/mol. The number of nitrogens with zero attached hydrogens (tertiary/aromatic N) is 1. The van der Waals surface area contributed by atoms with Gasteiger partial charge in [0.15, 0.2) is 5.13 Å². The van der Waals surface area contributed by atoms with Crippen LogP contribution >= 0.6 is 38.9 Å². The number of nitrogens with one attached hydrogen (secondary N) is 1. The molecule has 6 heteroatoms. The number of amides is 1. The zero-order valence-corrected chi connectivity index (χ0v) is 12.0. The highest BCUT2D eigenvalue weighted by molar-refractivity contribution is 9.10. The van der Waals surface area contributed by atoms with Crippen molar-refractivity contribution in [1.29, 1.82) is 0 Å². The van der Waals surface area contributed by atoms with Gasteiger partial charge in [-0.2, -0.15) is 0 Å². The highest BCUT2D eigenvalue weighted by atomic mass is 79.9. The summed E-state index contributed by atoms with van der Waals surface area (Å²) in [5.74, 6) is -0.206. The first-order chi connectivity index (χ1) is 8.06. The molecule has 1 heterocycles. The Kier molecular flexibility index (Phi) is 3.81. The smallest absolute Gasteiger partial charge is 0.258 e. The molecule has 0 aliphatic rings. The van der Waals surface area contributed by atoms with Crippen molar-refractivity contribution in [3.05, 3.63) is 44.3 Å². The largest absolute Gasteiger partial charge is 0.298 e. The fourth-order valence-corrected chi connectivity index (χ4v) is 2.77. The lowest BCUT2D eigenvalue weighted by atomic mass is 10.2. The van der Waals surface area contributed by atoms with Crippen LogP contribution in [-0.4, -0.2) is 10.9 Å². The summed E-state index contributed by atoms with van der Waals surface area (Å²) in [6, 6.07) is 5.03. The predicted octanol–water partition coefficient (Wildman–Crippen LogP) is 4.12. The zero-order chi connectivity index (χ0) is 12.4. The van der Waals surface area contributed by atoms with Crippen LogP contribution in [0.2, 0.25) is 5.02 Å². The van der Waals surface area contributed by atoms with Gasteiger partial charge in [0.05, 0.1) is 5.56 Å². The van der Waals surface area contributed by atoms with E-state index in [1.54, 1.807) is 24.4 Å². The van der Waals surface area contributed by atoms with E-state index in [2.05, 4.69) is 26.2 Å². The Bertz CT molecular complexity index is 570. The van der Waals surface area contributed by atoms with Crippen LogP contribution in [0.15, 0.2) is 28.9 Å². The van der Waals surface area contributed by atoms with E-state index in [1.165, 1.54) is 11.3 Å². The van der Waals surface area contributed by atoms with E-state index < -0.39 is 0 Å². The first kappa shape index (κ1) is 12.5. The van der Waals surface area contributed by atoms with Gasteiger partial charge in [0.25, 0.3) is 5.91 Å². The quantitative estimate of drug-likeness (QED) is 0.899. The number of thiazole rings is 1. The van der Waals surface area contributed by atoms with E-state index >= 15 is 0 Å². The van der Waals surface area contributed by atoms with Gasteiger partial charge in [-0.3, -0.25) is 10.1 Å². The number of benzene rings is 1. The molecule has 2 rings (SSSR count). The second kappa shape index (κ2) is 5.16. The van der Waals surface area contributed by atoms with E-state index in [0.717, 1.165) is 4.88 Å². The van der Waals surface area contributed by atoms with Gasteiger partial charge in [-0.15, -0.1) is 11.3 Å². The molecule has 0 aliphatic heterocycles. The summed E-state index contributed by atoms with van der Waals surface area (Å²) in [7, 11) is 0. The molecule has 0 unspecified atom stereocenters. The molecule has 0 bridgehead atoms. The number of hydrogen-bond acceptors (Lipinski definition) is 3. The molecule has 0 atom stereocenters. The third kappa shape index (κ3) is 3.06. The molecule has 0 fully saturated rings. The van der Waals surface area contributed by atoms with E-state index in [1.807, 2.05) is 6.92 Å². The van der Waals surface area contributed by atoms with Gasteiger partial charge in [0.1, 0.15) is 0 Å². The molecule has 88 valence electrons. The van der Waals surface area contributed by atoms with Gasteiger partial charge in [-0.1, -0.05) is 11.6 Å². The Labute approximate surface area is 116 Å². The van der Waals surface area contributed by atoms with Crippen molar-refractivity contribution in [2.45, 2.75) is 6.92 Å². The summed E-state index contributed by atoms with van der Waals surface area (Å²) in [6.07, 6.45) is 1.72. The van der Waals surface area contributed by atoms with E-state index in [-0.39, 0.29) is 5.91 Å². The molecular formula is C11H8BrClN2OS. The Morgan fingerprint density at radius 3 is 2.88 bits per heavy atom. The maximum atomic E-state index is 11.9. The van der Waals surface area contributed by atoms with E-state index in [0.29, 0.717) is 20.2 Å². The van der Waals surface area contributed by atoms with Crippen molar-refractivity contribution >= 4 is 49.9 Å². The minimum Gasteiger partial charge on any atom is -0.298 e.